The molecule has 0 aliphatic rings. The second-order valence-corrected chi connectivity index (χ2v) is 5.39. The molecule has 0 fully saturated rings. The molecule has 17 heavy (non-hydrogen) atoms. The highest BCUT2D eigenvalue weighted by molar-refractivity contribution is 4.64. The van der Waals surface area contributed by atoms with Gasteiger partial charge >= 0.3 is 0 Å². The molecule has 0 unspecified atom stereocenters. The fraction of sp³-hybridized carbons (Fsp3) is 1.00. The fourth-order valence-electron chi connectivity index (χ4n) is 2.42. The van der Waals surface area contributed by atoms with E-state index < -0.39 is 0 Å². The Bertz CT molecular complexity index is 119. The van der Waals surface area contributed by atoms with Crippen LogP contribution in [0.4, 0.5) is 0 Å². The van der Waals surface area contributed by atoms with Crippen LogP contribution in [0.15, 0.2) is 0 Å². The van der Waals surface area contributed by atoms with E-state index in [-0.39, 0.29) is 0 Å². The molecule has 0 saturated carbocycles. The molecule has 0 rings (SSSR count). The van der Waals surface area contributed by atoms with Crippen LogP contribution in [0.1, 0.15) is 90.9 Å². The van der Waals surface area contributed by atoms with Crippen LogP contribution in [0.5, 0.6) is 0 Å². The number of unbranched alkanes of at least 4 members (excludes halogenated alkanes) is 8. The van der Waals surface area contributed by atoms with Crippen molar-refractivity contribution in [3.8, 4) is 0 Å². The zero-order valence-corrected chi connectivity index (χ0v) is 12.6. The molecular formula is C16H35N. The summed E-state index contributed by atoms with van der Waals surface area (Å²) in [5, 5.41) is 3.48. The first-order chi connectivity index (χ1) is 8.35. The van der Waals surface area contributed by atoms with Crippen LogP contribution >= 0.6 is 0 Å². The predicted molar refractivity (Wildman–Crippen MR) is 79.6 cm³/mol. The van der Waals surface area contributed by atoms with E-state index in [2.05, 4.69) is 26.2 Å². The topological polar surface area (TPSA) is 12.0 Å². The van der Waals surface area contributed by atoms with Gasteiger partial charge in [-0.2, -0.15) is 0 Å². The summed E-state index contributed by atoms with van der Waals surface area (Å²) < 4.78 is 0. The Hall–Kier alpha value is -0.0400. The third kappa shape index (κ3) is 12.2. The highest BCUT2D eigenvalue weighted by atomic mass is 14.9. The van der Waals surface area contributed by atoms with Gasteiger partial charge in [-0.15, -0.1) is 0 Å². The number of nitrogens with one attached hydrogen (secondary N) is 1. The first kappa shape index (κ1) is 17.0. The SMILES string of the molecule is CCCCCCCC(CCCCCCC)NC. The van der Waals surface area contributed by atoms with Crippen LogP contribution in [0.2, 0.25) is 0 Å². The molecule has 1 nitrogen and oxygen atoms in total. The molecule has 0 aliphatic heterocycles. The summed E-state index contributed by atoms with van der Waals surface area (Å²) in [4.78, 5) is 0. The molecule has 0 amide bonds. The Kier molecular flexibility index (Phi) is 14.0. The summed E-state index contributed by atoms with van der Waals surface area (Å²) in [6.07, 6.45) is 16.9. The van der Waals surface area contributed by atoms with E-state index in [0.717, 1.165) is 6.04 Å². The fourth-order valence-corrected chi connectivity index (χ4v) is 2.42. The van der Waals surface area contributed by atoms with Crippen molar-refractivity contribution in [3.05, 3.63) is 0 Å². The van der Waals surface area contributed by atoms with Gasteiger partial charge in [-0.1, -0.05) is 78.1 Å². The van der Waals surface area contributed by atoms with Crippen LogP contribution < -0.4 is 5.32 Å². The molecule has 0 radical (unpaired) electrons. The smallest absolute Gasteiger partial charge is 0.00640 e. The summed E-state index contributed by atoms with van der Waals surface area (Å²) >= 11 is 0. The average Bonchev–Trinajstić information content (AvgIpc) is 2.36. The van der Waals surface area contributed by atoms with Crippen LogP contribution in [0.3, 0.4) is 0 Å². The van der Waals surface area contributed by atoms with Gasteiger partial charge in [-0.3, -0.25) is 0 Å². The van der Waals surface area contributed by atoms with Crippen molar-refractivity contribution in [1.82, 2.24) is 5.32 Å². The molecule has 0 aromatic heterocycles. The molecular weight excluding hydrogens is 206 g/mol. The Morgan fingerprint density at radius 1 is 0.647 bits per heavy atom. The van der Waals surface area contributed by atoms with Crippen LogP contribution in [0.25, 0.3) is 0 Å². The molecule has 0 bridgehead atoms. The van der Waals surface area contributed by atoms with E-state index >= 15 is 0 Å². The number of rotatable bonds is 13. The maximum Gasteiger partial charge on any atom is 0.00640 e. The summed E-state index contributed by atoms with van der Waals surface area (Å²) in [6, 6.07) is 0.776. The van der Waals surface area contributed by atoms with E-state index in [4.69, 9.17) is 0 Å². The zero-order chi connectivity index (χ0) is 12.8. The Morgan fingerprint density at radius 3 is 1.41 bits per heavy atom. The standard InChI is InChI=1S/C16H35N/c1-4-6-8-10-12-14-16(17-3)15-13-11-9-7-5-2/h16-17H,4-15H2,1-3H3. The minimum Gasteiger partial charge on any atom is -0.317 e. The molecule has 0 aliphatic carbocycles. The van der Waals surface area contributed by atoms with Gasteiger partial charge in [-0.05, 0) is 19.9 Å². The number of hydrogen-bond donors (Lipinski definition) is 1. The van der Waals surface area contributed by atoms with Gasteiger partial charge < -0.3 is 5.32 Å². The molecule has 0 spiro atoms. The quantitative estimate of drug-likeness (QED) is 0.432. The van der Waals surface area contributed by atoms with Crippen molar-refractivity contribution < 1.29 is 0 Å². The van der Waals surface area contributed by atoms with E-state index in [0.29, 0.717) is 0 Å². The summed E-state index contributed by atoms with van der Waals surface area (Å²) in [5.74, 6) is 0. The third-order valence-electron chi connectivity index (χ3n) is 3.72. The maximum absolute atomic E-state index is 3.48. The van der Waals surface area contributed by atoms with E-state index in [1.54, 1.807) is 0 Å². The highest BCUT2D eigenvalue weighted by Crippen LogP contribution is 2.13. The third-order valence-corrected chi connectivity index (χ3v) is 3.72. The van der Waals surface area contributed by atoms with E-state index in [9.17, 15) is 0 Å². The van der Waals surface area contributed by atoms with Gasteiger partial charge in [0.15, 0.2) is 0 Å². The Balaban J connectivity index is 3.30. The lowest BCUT2D eigenvalue weighted by Crippen LogP contribution is -2.24. The summed E-state index contributed by atoms with van der Waals surface area (Å²) in [5.41, 5.74) is 0. The lowest BCUT2D eigenvalue weighted by Gasteiger charge is -2.15. The first-order valence-corrected chi connectivity index (χ1v) is 8.02. The minimum absolute atomic E-state index is 0.776. The van der Waals surface area contributed by atoms with Crippen molar-refractivity contribution >= 4 is 0 Å². The Labute approximate surface area is 110 Å². The maximum atomic E-state index is 3.48. The summed E-state index contributed by atoms with van der Waals surface area (Å²) in [6.45, 7) is 4.57. The highest BCUT2D eigenvalue weighted by Gasteiger charge is 2.04. The van der Waals surface area contributed by atoms with Gasteiger partial charge in [0.25, 0.3) is 0 Å². The molecule has 0 saturated heterocycles. The normalized spacial score (nSPS) is 11.3. The van der Waals surface area contributed by atoms with E-state index in [1.807, 2.05) is 0 Å². The van der Waals surface area contributed by atoms with Crippen molar-refractivity contribution in [1.29, 1.82) is 0 Å². The second-order valence-electron chi connectivity index (χ2n) is 5.39. The zero-order valence-electron chi connectivity index (χ0n) is 12.6. The average molecular weight is 241 g/mol. The molecule has 0 heterocycles. The Morgan fingerprint density at radius 2 is 1.06 bits per heavy atom. The van der Waals surface area contributed by atoms with Gasteiger partial charge in [-0.25, -0.2) is 0 Å². The first-order valence-electron chi connectivity index (χ1n) is 8.02. The molecule has 0 atom stereocenters. The van der Waals surface area contributed by atoms with Crippen molar-refractivity contribution in [3.63, 3.8) is 0 Å². The van der Waals surface area contributed by atoms with Crippen LogP contribution in [-0.4, -0.2) is 13.1 Å². The van der Waals surface area contributed by atoms with Crippen molar-refractivity contribution in [2.45, 2.75) is 96.9 Å². The van der Waals surface area contributed by atoms with Gasteiger partial charge in [0.05, 0.1) is 0 Å². The molecule has 1 heteroatoms. The van der Waals surface area contributed by atoms with Crippen LogP contribution in [-0.2, 0) is 0 Å². The lowest BCUT2D eigenvalue weighted by molar-refractivity contribution is 0.437. The monoisotopic (exact) mass is 241 g/mol. The lowest BCUT2D eigenvalue weighted by atomic mass is 10.0. The van der Waals surface area contributed by atoms with Crippen molar-refractivity contribution in [2.24, 2.45) is 0 Å². The predicted octanol–water partition coefficient (Wildman–Crippen LogP) is 5.30. The van der Waals surface area contributed by atoms with E-state index in [1.165, 1.54) is 77.0 Å². The summed E-state index contributed by atoms with van der Waals surface area (Å²) in [7, 11) is 2.13. The largest absolute Gasteiger partial charge is 0.317 e. The second kappa shape index (κ2) is 14.0. The molecule has 104 valence electrons. The van der Waals surface area contributed by atoms with Gasteiger partial charge in [0.2, 0.25) is 0 Å². The van der Waals surface area contributed by atoms with Crippen molar-refractivity contribution in [2.75, 3.05) is 7.05 Å². The minimum atomic E-state index is 0.776. The molecule has 1 N–H and O–H groups in total. The molecule has 0 aromatic carbocycles. The van der Waals surface area contributed by atoms with Gasteiger partial charge in [0.1, 0.15) is 0 Å². The molecule has 0 aromatic rings. The number of hydrogen-bond acceptors (Lipinski definition) is 1. The van der Waals surface area contributed by atoms with Gasteiger partial charge in [0, 0.05) is 6.04 Å². The van der Waals surface area contributed by atoms with Crippen LogP contribution in [0, 0.1) is 0 Å².